The van der Waals surface area contributed by atoms with E-state index in [9.17, 15) is 0 Å². The number of unbranched alkanes of at least 4 members (excludes halogenated alkanes) is 5. The lowest BCUT2D eigenvalue weighted by Crippen LogP contribution is -2.17. The minimum atomic E-state index is -0.785. The number of nitrogens with zero attached hydrogens (tertiary/aromatic N) is 2. The van der Waals surface area contributed by atoms with Gasteiger partial charge in [0.05, 0.1) is 6.61 Å². The molecule has 3 nitrogen and oxygen atoms in total. The molecule has 26 heavy (non-hydrogen) atoms. The lowest BCUT2D eigenvalue weighted by atomic mass is 10.1. The highest BCUT2D eigenvalue weighted by molar-refractivity contribution is 7.56. The summed E-state index contributed by atoms with van der Waals surface area (Å²) in [5, 5.41) is 0. The van der Waals surface area contributed by atoms with Crippen LogP contribution in [0.2, 0.25) is 0 Å². The topological polar surface area (TPSA) is 15.7 Å². The molecule has 3 rings (SSSR count). The molecule has 2 aromatic rings. The molecular weight excluding hydrogens is 339 g/mol. The van der Waals surface area contributed by atoms with E-state index in [4.69, 9.17) is 4.52 Å². The van der Waals surface area contributed by atoms with Crippen molar-refractivity contribution in [1.82, 2.24) is 0 Å². The maximum atomic E-state index is 6.46. The van der Waals surface area contributed by atoms with E-state index in [0.717, 1.165) is 26.1 Å². The molecule has 0 aliphatic carbocycles. The van der Waals surface area contributed by atoms with Crippen LogP contribution in [-0.2, 0) is 4.52 Å². The van der Waals surface area contributed by atoms with Gasteiger partial charge in [0.15, 0.2) is 0 Å². The van der Waals surface area contributed by atoms with Gasteiger partial charge in [-0.05, 0) is 30.7 Å². The van der Waals surface area contributed by atoms with Crippen LogP contribution in [0.3, 0.4) is 0 Å². The van der Waals surface area contributed by atoms with Crippen LogP contribution in [-0.4, -0.2) is 19.7 Å². The van der Waals surface area contributed by atoms with Gasteiger partial charge in [-0.2, -0.15) is 0 Å². The van der Waals surface area contributed by atoms with E-state index >= 15 is 0 Å². The molecule has 0 N–H and O–H groups in total. The molecule has 2 aromatic carbocycles. The highest BCUT2D eigenvalue weighted by Crippen LogP contribution is 2.53. The van der Waals surface area contributed by atoms with Gasteiger partial charge in [0.2, 0.25) is 8.45 Å². The molecule has 140 valence electrons. The average molecular weight is 370 g/mol. The first-order valence-corrected chi connectivity index (χ1v) is 11.1. The van der Waals surface area contributed by atoms with Crippen molar-refractivity contribution in [3.63, 3.8) is 0 Å². The summed E-state index contributed by atoms with van der Waals surface area (Å²) in [5.74, 6) is 0. The van der Waals surface area contributed by atoms with Gasteiger partial charge in [-0.3, -0.25) is 0 Å². The summed E-state index contributed by atoms with van der Waals surface area (Å²) >= 11 is 0. The van der Waals surface area contributed by atoms with Crippen molar-refractivity contribution in [2.24, 2.45) is 0 Å². The fraction of sp³-hybridized carbons (Fsp3) is 0.455. The molecule has 0 aromatic heterocycles. The van der Waals surface area contributed by atoms with Crippen LogP contribution in [0, 0.1) is 0 Å². The van der Waals surface area contributed by atoms with E-state index in [-0.39, 0.29) is 0 Å². The zero-order valence-electron chi connectivity index (χ0n) is 15.9. The molecule has 0 unspecified atom stereocenters. The monoisotopic (exact) mass is 370 g/mol. The lowest BCUT2D eigenvalue weighted by Gasteiger charge is -2.30. The van der Waals surface area contributed by atoms with Crippen molar-refractivity contribution < 1.29 is 4.52 Å². The molecule has 0 radical (unpaired) electrons. The highest BCUT2D eigenvalue weighted by Gasteiger charge is 2.34. The standard InChI is InChI=1S/C22H31N2OP/c1-2-3-4-5-6-13-20-25-26-23(21-14-9-7-10-15-21)18-19-24(26)22-16-11-8-12-17-22/h7-12,14-17H,2-6,13,18-20H2,1H3. The third-order valence-electron chi connectivity index (χ3n) is 4.75. The van der Waals surface area contributed by atoms with Crippen LogP contribution in [0.4, 0.5) is 11.4 Å². The molecule has 0 saturated carbocycles. The van der Waals surface area contributed by atoms with Crippen LogP contribution in [0.25, 0.3) is 0 Å². The molecule has 0 spiro atoms. The third-order valence-corrected chi connectivity index (χ3v) is 6.85. The molecule has 1 aliphatic rings. The van der Waals surface area contributed by atoms with Gasteiger partial charge in [0.1, 0.15) is 0 Å². The van der Waals surface area contributed by atoms with E-state index < -0.39 is 8.45 Å². The summed E-state index contributed by atoms with van der Waals surface area (Å²) in [6, 6.07) is 21.4. The Hall–Kier alpha value is -1.57. The summed E-state index contributed by atoms with van der Waals surface area (Å²) in [6.45, 7) is 5.15. The Morgan fingerprint density at radius 3 is 1.77 bits per heavy atom. The van der Waals surface area contributed by atoms with Crippen molar-refractivity contribution in [2.75, 3.05) is 29.0 Å². The van der Waals surface area contributed by atoms with Crippen molar-refractivity contribution in [3.8, 4) is 0 Å². The fourth-order valence-electron chi connectivity index (χ4n) is 3.31. The molecule has 1 heterocycles. The molecule has 1 fully saturated rings. The van der Waals surface area contributed by atoms with Crippen LogP contribution < -0.4 is 9.34 Å². The second kappa shape index (κ2) is 10.5. The minimum absolute atomic E-state index is 0.785. The van der Waals surface area contributed by atoms with Crippen LogP contribution >= 0.6 is 8.45 Å². The second-order valence-corrected chi connectivity index (χ2v) is 8.50. The Morgan fingerprint density at radius 1 is 0.731 bits per heavy atom. The predicted octanol–water partition coefficient (Wildman–Crippen LogP) is 6.62. The van der Waals surface area contributed by atoms with E-state index in [1.54, 1.807) is 0 Å². The Kier molecular flexibility index (Phi) is 7.79. The first kappa shape index (κ1) is 19.2. The number of rotatable bonds is 10. The molecule has 0 bridgehead atoms. The van der Waals surface area contributed by atoms with Crippen LogP contribution in [0.5, 0.6) is 0 Å². The third kappa shape index (κ3) is 5.22. The number of para-hydroxylation sites is 2. The summed E-state index contributed by atoms with van der Waals surface area (Å²) in [4.78, 5) is 0. The lowest BCUT2D eigenvalue weighted by molar-refractivity contribution is 0.335. The van der Waals surface area contributed by atoms with Gasteiger partial charge in [0.25, 0.3) is 0 Å². The molecular formula is C22H31N2OP. The zero-order valence-corrected chi connectivity index (χ0v) is 16.8. The molecule has 1 aliphatic heterocycles. The van der Waals surface area contributed by atoms with Gasteiger partial charge in [-0.15, -0.1) is 0 Å². The van der Waals surface area contributed by atoms with E-state index in [1.807, 2.05) is 0 Å². The fourth-order valence-corrected chi connectivity index (χ4v) is 5.33. The average Bonchev–Trinajstić information content (AvgIpc) is 3.12. The molecule has 4 heteroatoms. The van der Waals surface area contributed by atoms with Crippen molar-refractivity contribution in [1.29, 1.82) is 0 Å². The summed E-state index contributed by atoms with van der Waals surface area (Å²) < 4.78 is 11.3. The van der Waals surface area contributed by atoms with Crippen LogP contribution in [0.1, 0.15) is 45.4 Å². The Labute approximate surface area is 159 Å². The summed E-state index contributed by atoms with van der Waals surface area (Å²) in [5.41, 5.74) is 2.53. The van der Waals surface area contributed by atoms with Gasteiger partial charge < -0.3 is 13.9 Å². The minimum Gasteiger partial charge on any atom is -0.323 e. The second-order valence-electron chi connectivity index (χ2n) is 6.77. The number of hydrogen-bond donors (Lipinski definition) is 0. The smallest absolute Gasteiger partial charge is 0.248 e. The molecule has 0 atom stereocenters. The zero-order chi connectivity index (χ0) is 18.0. The van der Waals surface area contributed by atoms with E-state index in [0.29, 0.717) is 0 Å². The summed E-state index contributed by atoms with van der Waals surface area (Å²) in [6.07, 6.45) is 7.79. The quantitative estimate of drug-likeness (QED) is 0.345. The normalized spacial score (nSPS) is 15.0. The summed E-state index contributed by atoms with van der Waals surface area (Å²) in [7, 11) is -0.785. The largest absolute Gasteiger partial charge is 0.323 e. The molecule has 0 amide bonds. The Balaban J connectivity index is 1.61. The van der Waals surface area contributed by atoms with Crippen LogP contribution in [0.15, 0.2) is 60.7 Å². The van der Waals surface area contributed by atoms with Gasteiger partial charge >= 0.3 is 0 Å². The molecule has 1 saturated heterocycles. The van der Waals surface area contributed by atoms with Crippen molar-refractivity contribution in [2.45, 2.75) is 45.4 Å². The Bertz CT molecular complexity index is 575. The number of hydrogen-bond acceptors (Lipinski definition) is 3. The first-order valence-electron chi connectivity index (χ1n) is 9.98. The number of anilines is 2. The van der Waals surface area contributed by atoms with Crippen molar-refractivity contribution in [3.05, 3.63) is 60.7 Å². The maximum Gasteiger partial charge on any atom is 0.248 e. The highest BCUT2D eigenvalue weighted by atomic mass is 31.2. The van der Waals surface area contributed by atoms with E-state index in [2.05, 4.69) is 76.9 Å². The Morgan fingerprint density at radius 2 is 1.23 bits per heavy atom. The van der Waals surface area contributed by atoms with E-state index in [1.165, 1.54) is 43.5 Å². The van der Waals surface area contributed by atoms with Gasteiger partial charge in [0, 0.05) is 24.5 Å². The number of benzene rings is 2. The SMILES string of the molecule is CCCCCCCCOP1N(c2ccccc2)CCN1c1ccccc1. The van der Waals surface area contributed by atoms with Crippen molar-refractivity contribution >= 4 is 19.8 Å². The predicted molar refractivity (Wildman–Crippen MR) is 114 cm³/mol. The van der Waals surface area contributed by atoms with Gasteiger partial charge in [-0.1, -0.05) is 75.4 Å². The maximum absolute atomic E-state index is 6.46. The van der Waals surface area contributed by atoms with Gasteiger partial charge in [-0.25, -0.2) is 0 Å². The first-order chi connectivity index (χ1) is 12.9.